The highest BCUT2D eigenvalue weighted by Crippen LogP contribution is 2.36. The molecule has 2 rings (SSSR count). The minimum atomic E-state index is 0.312. The van der Waals surface area contributed by atoms with Crippen LogP contribution in [-0.2, 0) is 0 Å². The molecule has 5 heteroatoms. The van der Waals surface area contributed by atoms with Crippen molar-refractivity contribution < 1.29 is 0 Å². The van der Waals surface area contributed by atoms with Gasteiger partial charge in [0.2, 0.25) is 0 Å². The number of nitrogens with zero attached hydrogens (tertiary/aromatic N) is 2. The molecular formula is C13H16N4S. The van der Waals surface area contributed by atoms with Crippen LogP contribution < -0.4 is 11.1 Å². The van der Waals surface area contributed by atoms with Gasteiger partial charge in [-0.25, -0.2) is 0 Å². The highest BCUT2D eigenvalue weighted by molar-refractivity contribution is 7.17. The number of nitriles is 2. The molecule has 1 aromatic rings. The molecule has 2 atom stereocenters. The van der Waals surface area contributed by atoms with Gasteiger partial charge < -0.3 is 11.1 Å². The first-order valence-electron chi connectivity index (χ1n) is 6.12. The van der Waals surface area contributed by atoms with Gasteiger partial charge in [-0.05, 0) is 24.7 Å². The van der Waals surface area contributed by atoms with Crippen LogP contribution in [0.25, 0.3) is 0 Å². The number of nitrogens with one attached hydrogen (secondary N) is 1. The van der Waals surface area contributed by atoms with Gasteiger partial charge in [-0.3, -0.25) is 0 Å². The number of nitrogens with two attached hydrogens (primary N) is 1. The Balaban J connectivity index is 2.06. The smallest absolute Gasteiger partial charge is 0.131 e. The molecule has 0 aromatic carbocycles. The van der Waals surface area contributed by atoms with E-state index in [4.69, 9.17) is 16.3 Å². The molecule has 1 aromatic heterocycles. The van der Waals surface area contributed by atoms with Gasteiger partial charge in [0.25, 0.3) is 0 Å². The molecule has 0 bridgehead atoms. The SMILES string of the molecule is CC1CCC(CNc2sc(C#N)c(N)c2C#N)C1. The summed E-state index contributed by atoms with van der Waals surface area (Å²) >= 11 is 1.28. The number of hydrogen-bond donors (Lipinski definition) is 2. The van der Waals surface area contributed by atoms with E-state index in [2.05, 4.69) is 18.3 Å². The van der Waals surface area contributed by atoms with Gasteiger partial charge in [-0.2, -0.15) is 10.5 Å². The third kappa shape index (κ3) is 2.42. The van der Waals surface area contributed by atoms with Crippen molar-refractivity contribution >= 4 is 22.0 Å². The van der Waals surface area contributed by atoms with Crippen LogP contribution in [0.5, 0.6) is 0 Å². The Morgan fingerprint density at radius 1 is 1.39 bits per heavy atom. The highest BCUT2D eigenvalue weighted by Gasteiger charge is 2.22. The highest BCUT2D eigenvalue weighted by atomic mass is 32.1. The van der Waals surface area contributed by atoms with Gasteiger partial charge in [0, 0.05) is 6.54 Å². The van der Waals surface area contributed by atoms with Gasteiger partial charge in [0.05, 0.1) is 5.69 Å². The van der Waals surface area contributed by atoms with Gasteiger partial charge in [-0.15, -0.1) is 11.3 Å². The molecule has 1 saturated carbocycles. The van der Waals surface area contributed by atoms with Crippen molar-refractivity contribution in [2.45, 2.75) is 26.2 Å². The summed E-state index contributed by atoms with van der Waals surface area (Å²) in [6.07, 6.45) is 3.76. The Labute approximate surface area is 111 Å². The number of anilines is 2. The lowest BCUT2D eigenvalue weighted by atomic mass is 10.1. The van der Waals surface area contributed by atoms with Crippen molar-refractivity contribution in [2.75, 3.05) is 17.6 Å². The van der Waals surface area contributed by atoms with Crippen molar-refractivity contribution in [3.8, 4) is 12.1 Å². The fraction of sp³-hybridized carbons (Fsp3) is 0.538. The van der Waals surface area contributed by atoms with Crippen molar-refractivity contribution in [3.05, 3.63) is 10.4 Å². The van der Waals surface area contributed by atoms with E-state index in [1.54, 1.807) is 0 Å². The Morgan fingerprint density at radius 2 is 2.17 bits per heavy atom. The number of rotatable bonds is 3. The second-order valence-electron chi connectivity index (χ2n) is 4.94. The number of nitrogen functional groups attached to an aromatic ring is 1. The molecule has 0 spiro atoms. The number of hydrogen-bond acceptors (Lipinski definition) is 5. The van der Waals surface area contributed by atoms with Crippen LogP contribution in [0.2, 0.25) is 0 Å². The number of thiophene rings is 1. The third-order valence-corrected chi connectivity index (χ3v) is 4.58. The predicted octanol–water partition coefficient (Wildman–Crippen LogP) is 2.92. The summed E-state index contributed by atoms with van der Waals surface area (Å²) in [5.41, 5.74) is 6.49. The summed E-state index contributed by atoms with van der Waals surface area (Å²) < 4.78 is 0. The van der Waals surface area contributed by atoms with Crippen molar-refractivity contribution in [2.24, 2.45) is 11.8 Å². The monoisotopic (exact) mass is 260 g/mol. The van der Waals surface area contributed by atoms with E-state index in [-0.39, 0.29) is 0 Å². The lowest BCUT2D eigenvalue weighted by Gasteiger charge is -2.10. The summed E-state index contributed by atoms with van der Waals surface area (Å²) in [7, 11) is 0. The first-order chi connectivity index (χ1) is 8.65. The average molecular weight is 260 g/mol. The normalized spacial score (nSPS) is 22.4. The van der Waals surface area contributed by atoms with Gasteiger partial charge >= 0.3 is 0 Å². The van der Waals surface area contributed by atoms with E-state index in [1.165, 1.54) is 30.6 Å². The molecule has 4 nitrogen and oxygen atoms in total. The van der Waals surface area contributed by atoms with E-state index in [0.717, 1.165) is 17.5 Å². The summed E-state index contributed by atoms with van der Waals surface area (Å²) in [5, 5.41) is 22.0. The zero-order valence-corrected chi connectivity index (χ0v) is 11.2. The third-order valence-electron chi connectivity index (χ3n) is 3.51. The van der Waals surface area contributed by atoms with E-state index < -0.39 is 0 Å². The van der Waals surface area contributed by atoms with E-state index in [0.29, 0.717) is 22.0 Å². The zero-order chi connectivity index (χ0) is 13.1. The largest absolute Gasteiger partial charge is 0.396 e. The van der Waals surface area contributed by atoms with Crippen LogP contribution in [0.1, 0.15) is 36.6 Å². The molecule has 0 amide bonds. The van der Waals surface area contributed by atoms with Crippen LogP contribution in [0.4, 0.5) is 10.7 Å². The van der Waals surface area contributed by atoms with Crippen LogP contribution in [0.15, 0.2) is 0 Å². The summed E-state index contributed by atoms with van der Waals surface area (Å²) in [6, 6.07) is 4.10. The summed E-state index contributed by atoms with van der Waals surface area (Å²) in [6.45, 7) is 3.14. The molecule has 0 aliphatic heterocycles. The quantitative estimate of drug-likeness (QED) is 0.875. The van der Waals surface area contributed by atoms with Gasteiger partial charge in [-0.1, -0.05) is 13.3 Å². The molecule has 18 heavy (non-hydrogen) atoms. The average Bonchev–Trinajstić information content (AvgIpc) is 2.90. The first-order valence-corrected chi connectivity index (χ1v) is 6.93. The van der Waals surface area contributed by atoms with Crippen LogP contribution in [-0.4, -0.2) is 6.54 Å². The summed E-state index contributed by atoms with van der Waals surface area (Å²) in [5.74, 6) is 1.47. The van der Waals surface area contributed by atoms with Crippen molar-refractivity contribution in [1.82, 2.24) is 0 Å². The molecule has 2 unspecified atom stereocenters. The molecule has 1 fully saturated rings. The van der Waals surface area contributed by atoms with Crippen molar-refractivity contribution in [3.63, 3.8) is 0 Å². The summed E-state index contributed by atoms with van der Waals surface area (Å²) in [4.78, 5) is 0.425. The van der Waals surface area contributed by atoms with E-state index >= 15 is 0 Å². The van der Waals surface area contributed by atoms with Crippen LogP contribution in [0, 0.1) is 34.5 Å². The Kier molecular flexibility index (Phi) is 3.74. The predicted molar refractivity (Wildman–Crippen MR) is 73.2 cm³/mol. The fourth-order valence-electron chi connectivity index (χ4n) is 2.51. The second kappa shape index (κ2) is 5.29. The molecule has 1 aliphatic rings. The van der Waals surface area contributed by atoms with E-state index in [9.17, 15) is 0 Å². The second-order valence-corrected chi connectivity index (χ2v) is 5.96. The van der Waals surface area contributed by atoms with Crippen LogP contribution >= 0.6 is 11.3 Å². The fourth-order valence-corrected chi connectivity index (χ4v) is 3.38. The molecule has 94 valence electrons. The zero-order valence-electron chi connectivity index (χ0n) is 10.4. The minimum absolute atomic E-state index is 0.312. The molecule has 3 N–H and O–H groups in total. The molecule has 0 radical (unpaired) electrons. The Morgan fingerprint density at radius 3 is 2.72 bits per heavy atom. The van der Waals surface area contributed by atoms with Crippen LogP contribution in [0.3, 0.4) is 0 Å². The lowest BCUT2D eigenvalue weighted by Crippen LogP contribution is -2.11. The maximum atomic E-state index is 9.07. The maximum Gasteiger partial charge on any atom is 0.131 e. The van der Waals surface area contributed by atoms with Gasteiger partial charge in [0.1, 0.15) is 27.6 Å². The molecular weight excluding hydrogens is 244 g/mol. The molecule has 0 saturated heterocycles. The van der Waals surface area contributed by atoms with E-state index in [1.807, 2.05) is 6.07 Å². The maximum absolute atomic E-state index is 9.07. The van der Waals surface area contributed by atoms with Gasteiger partial charge in [0.15, 0.2) is 0 Å². The van der Waals surface area contributed by atoms with Crippen molar-refractivity contribution in [1.29, 1.82) is 10.5 Å². The lowest BCUT2D eigenvalue weighted by molar-refractivity contribution is 0.537. The Hall–Kier alpha value is -1.72. The molecule has 1 heterocycles. The standard InChI is InChI=1S/C13H16N4S/c1-8-2-3-9(4-8)7-17-13-10(5-14)12(16)11(6-15)18-13/h8-9,17H,2-4,7,16H2,1H3. The first kappa shape index (κ1) is 12.7. The topological polar surface area (TPSA) is 85.6 Å². The Bertz CT molecular complexity index is 520. The minimum Gasteiger partial charge on any atom is -0.396 e. The molecule has 1 aliphatic carbocycles.